The smallest absolute Gasteiger partial charge is 0.117 e. The molecule has 1 aromatic rings. The van der Waals surface area contributed by atoms with Crippen molar-refractivity contribution in [2.24, 2.45) is 5.73 Å². The summed E-state index contributed by atoms with van der Waals surface area (Å²) in [6.07, 6.45) is 2.65. The van der Waals surface area contributed by atoms with E-state index in [0.29, 0.717) is 0 Å². The zero-order valence-electron chi connectivity index (χ0n) is 8.34. The molecular formula is C10H18N2O. The van der Waals surface area contributed by atoms with E-state index in [1.807, 2.05) is 19.1 Å². The summed E-state index contributed by atoms with van der Waals surface area (Å²) in [5.41, 5.74) is 5.84. The Morgan fingerprint density at radius 1 is 1.62 bits per heavy atom. The summed E-state index contributed by atoms with van der Waals surface area (Å²) in [5, 5.41) is 3.26. The molecule has 0 saturated carbocycles. The number of hydrogen-bond donors (Lipinski definition) is 2. The molecule has 0 radical (unpaired) electrons. The third kappa shape index (κ3) is 3.61. The van der Waals surface area contributed by atoms with Gasteiger partial charge in [0.2, 0.25) is 0 Å². The van der Waals surface area contributed by atoms with Crippen LogP contribution in [0.3, 0.4) is 0 Å². The van der Waals surface area contributed by atoms with E-state index in [-0.39, 0.29) is 5.54 Å². The molecule has 0 aliphatic rings. The van der Waals surface area contributed by atoms with Crippen LogP contribution in [0.5, 0.6) is 0 Å². The van der Waals surface area contributed by atoms with Crippen molar-refractivity contribution in [1.82, 2.24) is 5.32 Å². The highest BCUT2D eigenvalue weighted by Gasteiger charge is 2.14. The van der Waals surface area contributed by atoms with E-state index in [9.17, 15) is 0 Å². The second-order valence-electron chi connectivity index (χ2n) is 3.69. The van der Waals surface area contributed by atoms with Gasteiger partial charge in [0.25, 0.3) is 0 Å². The highest BCUT2D eigenvalue weighted by Crippen LogP contribution is 2.03. The molecule has 0 aromatic carbocycles. The van der Waals surface area contributed by atoms with Gasteiger partial charge in [0, 0.05) is 12.1 Å². The van der Waals surface area contributed by atoms with Gasteiger partial charge in [-0.15, -0.1) is 0 Å². The van der Waals surface area contributed by atoms with Crippen LogP contribution in [0.15, 0.2) is 22.8 Å². The van der Waals surface area contributed by atoms with Crippen LogP contribution in [-0.2, 0) is 6.54 Å². The predicted octanol–water partition coefficient (Wildman–Crippen LogP) is 1.50. The maximum atomic E-state index is 5.96. The van der Waals surface area contributed by atoms with E-state index in [1.165, 1.54) is 0 Å². The van der Waals surface area contributed by atoms with Crippen LogP contribution in [-0.4, -0.2) is 12.1 Å². The van der Waals surface area contributed by atoms with Gasteiger partial charge in [-0.2, -0.15) is 0 Å². The van der Waals surface area contributed by atoms with Crippen molar-refractivity contribution in [3.05, 3.63) is 24.2 Å². The average molecular weight is 182 g/mol. The summed E-state index contributed by atoms with van der Waals surface area (Å²) in [4.78, 5) is 0. The number of nitrogens with two attached hydrogens (primary N) is 1. The minimum absolute atomic E-state index is 0.118. The fourth-order valence-corrected chi connectivity index (χ4v) is 1.01. The summed E-state index contributed by atoms with van der Waals surface area (Å²) >= 11 is 0. The molecule has 0 fully saturated rings. The summed E-state index contributed by atoms with van der Waals surface area (Å²) in [6.45, 7) is 5.70. The Hall–Kier alpha value is -0.800. The third-order valence-electron chi connectivity index (χ3n) is 2.22. The summed E-state index contributed by atoms with van der Waals surface area (Å²) in [7, 11) is 0. The number of hydrogen-bond acceptors (Lipinski definition) is 3. The maximum Gasteiger partial charge on any atom is 0.117 e. The topological polar surface area (TPSA) is 51.2 Å². The van der Waals surface area contributed by atoms with Gasteiger partial charge in [-0.05, 0) is 25.5 Å². The van der Waals surface area contributed by atoms with E-state index in [0.717, 1.165) is 25.3 Å². The Morgan fingerprint density at radius 2 is 2.38 bits per heavy atom. The van der Waals surface area contributed by atoms with E-state index in [1.54, 1.807) is 6.26 Å². The monoisotopic (exact) mass is 182 g/mol. The number of furan rings is 1. The largest absolute Gasteiger partial charge is 0.468 e. The SMILES string of the molecule is CCC(C)(N)CNCc1ccco1. The first kappa shape index (κ1) is 10.3. The molecule has 13 heavy (non-hydrogen) atoms. The zero-order chi connectivity index (χ0) is 9.73. The second-order valence-corrected chi connectivity index (χ2v) is 3.69. The highest BCUT2D eigenvalue weighted by atomic mass is 16.3. The van der Waals surface area contributed by atoms with Crippen LogP contribution in [0.2, 0.25) is 0 Å². The highest BCUT2D eigenvalue weighted by molar-refractivity contribution is 4.97. The van der Waals surface area contributed by atoms with Gasteiger partial charge in [0.1, 0.15) is 5.76 Å². The Labute approximate surface area is 79.3 Å². The van der Waals surface area contributed by atoms with Crippen LogP contribution in [0.25, 0.3) is 0 Å². The predicted molar refractivity (Wildman–Crippen MR) is 53.3 cm³/mol. The molecule has 1 atom stereocenters. The number of rotatable bonds is 5. The van der Waals surface area contributed by atoms with E-state index in [2.05, 4.69) is 12.2 Å². The van der Waals surface area contributed by atoms with Crippen molar-refractivity contribution in [2.45, 2.75) is 32.4 Å². The van der Waals surface area contributed by atoms with Crippen LogP contribution in [0.1, 0.15) is 26.0 Å². The molecular weight excluding hydrogens is 164 g/mol. The molecule has 1 rings (SSSR count). The lowest BCUT2D eigenvalue weighted by Crippen LogP contribution is -2.45. The number of nitrogens with one attached hydrogen (secondary N) is 1. The van der Waals surface area contributed by atoms with E-state index in [4.69, 9.17) is 10.2 Å². The quantitative estimate of drug-likeness (QED) is 0.725. The Kier molecular flexibility index (Phi) is 3.51. The average Bonchev–Trinajstić information content (AvgIpc) is 2.57. The van der Waals surface area contributed by atoms with Gasteiger partial charge in [0.05, 0.1) is 12.8 Å². The fourth-order valence-electron chi connectivity index (χ4n) is 1.01. The fraction of sp³-hybridized carbons (Fsp3) is 0.600. The molecule has 0 aliphatic heterocycles. The van der Waals surface area contributed by atoms with Gasteiger partial charge in [0.15, 0.2) is 0 Å². The van der Waals surface area contributed by atoms with Crippen molar-refractivity contribution in [3.8, 4) is 0 Å². The van der Waals surface area contributed by atoms with Crippen LogP contribution >= 0.6 is 0 Å². The molecule has 0 bridgehead atoms. The minimum atomic E-state index is -0.118. The van der Waals surface area contributed by atoms with Gasteiger partial charge in [-0.3, -0.25) is 0 Å². The standard InChI is InChI=1S/C10H18N2O/c1-3-10(2,11)8-12-7-9-5-4-6-13-9/h4-6,12H,3,7-8,11H2,1-2H3. The van der Waals surface area contributed by atoms with Crippen LogP contribution in [0, 0.1) is 0 Å². The molecule has 3 N–H and O–H groups in total. The Bertz CT molecular complexity index is 229. The molecule has 74 valence electrons. The zero-order valence-corrected chi connectivity index (χ0v) is 8.34. The first-order valence-electron chi connectivity index (χ1n) is 4.66. The lowest BCUT2D eigenvalue weighted by Gasteiger charge is -2.22. The lowest BCUT2D eigenvalue weighted by molar-refractivity contribution is 0.398. The first-order chi connectivity index (χ1) is 6.14. The van der Waals surface area contributed by atoms with Gasteiger partial charge in [-0.25, -0.2) is 0 Å². The Balaban J connectivity index is 2.21. The molecule has 1 aromatic heterocycles. The van der Waals surface area contributed by atoms with Crippen molar-refractivity contribution < 1.29 is 4.42 Å². The first-order valence-corrected chi connectivity index (χ1v) is 4.66. The molecule has 3 nitrogen and oxygen atoms in total. The second kappa shape index (κ2) is 4.44. The van der Waals surface area contributed by atoms with Crippen molar-refractivity contribution >= 4 is 0 Å². The molecule has 0 saturated heterocycles. The van der Waals surface area contributed by atoms with Crippen molar-refractivity contribution in [1.29, 1.82) is 0 Å². The van der Waals surface area contributed by atoms with Gasteiger partial charge >= 0.3 is 0 Å². The van der Waals surface area contributed by atoms with Crippen LogP contribution < -0.4 is 11.1 Å². The van der Waals surface area contributed by atoms with Crippen molar-refractivity contribution in [2.75, 3.05) is 6.54 Å². The maximum absolute atomic E-state index is 5.96. The molecule has 0 amide bonds. The molecule has 0 spiro atoms. The normalized spacial score (nSPS) is 15.6. The third-order valence-corrected chi connectivity index (χ3v) is 2.22. The molecule has 1 heterocycles. The van der Waals surface area contributed by atoms with Gasteiger partial charge in [-0.1, -0.05) is 6.92 Å². The van der Waals surface area contributed by atoms with Crippen LogP contribution in [0.4, 0.5) is 0 Å². The molecule has 0 aliphatic carbocycles. The van der Waals surface area contributed by atoms with E-state index >= 15 is 0 Å². The molecule has 1 unspecified atom stereocenters. The summed E-state index contributed by atoms with van der Waals surface area (Å²) in [5.74, 6) is 0.951. The van der Waals surface area contributed by atoms with E-state index < -0.39 is 0 Å². The lowest BCUT2D eigenvalue weighted by atomic mass is 10.0. The molecule has 3 heteroatoms. The summed E-state index contributed by atoms with van der Waals surface area (Å²) < 4.78 is 5.18. The summed E-state index contributed by atoms with van der Waals surface area (Å²) in [6, 6.07) is 3.84. The minimum Gasteiger partial charge on any atom is -0.468 e. The van der Waals surface area contributed by atoms with Crippen molar-refractivity contribution in [3.63, 3.8) is 0 Å². The van der Waals surface area contributed by atoms with Gasteiger partial charge < -0.3 is 15.5 Å². The Morgan fingerprint density at radius 3 is 2.92 bits per heavy atom.